The van der Waals surface area contributed by atoms with Gasteiger partial charge in [0.1, 0.15) is 0 Å². The van der Waals surface area contributed by atoms with Crippen molar-refractivity contribution in [2.24, 2.45) is 5.92 Å². The molecule has 2 aliphatic rings. The van der Waals surface area contributed by atoms with Crippen molar-refractivity contribution < 1.29 is 9.59 Å². The maximum atomic E-state index is 12.7. The van der Waals surface area contributed by atoms with Gasteiger partial charge in [-0.1, -0.05) is 17.7 Å². The Morgan fingerprint density at radius 3 is 2.48 bits per heavy atom. The van der Waals surface area contributed by atoms with Crippen LogP contribution in [0.5, 0.6) is 0 Å². The summed E-state index contributed by atoms with van der Waals surface area (Å²) in [6.45, 7) is 5.42. The number of carbonyl (C=O) groups is 2. The zero-order chi connectivity index (χ0) is 17.1. The normalized spacial score (nSPS) is 23.8. The second kappa shape index (κ2) is 8.88. The minimum Gasteiger partial charge on any atom is -0.339 e. The van der Waals surface area contributed by atoms with Gasteiger partial charge in [-0.2, -0.15) is 0 Å². The smallest absolute Gasteiger partial charge is 0.254 e. The first-order valence-corrected chi connectivity index (χ1v) is 8.99. The second-order valence-electron chi connectivity index (χ2n) is 6.70. The monoisotopic (exact) mass is 385 g/mol. The molecule has 2 fully saturated rings. The van der Waals surface area contributed by atoms with Crippen LogP contribution in [0.2, 0.25) is 5.02 Å². The minimum absolute atomic E-state index is 0. The van der Waals surface area contributed by atoms with E-state index in [9.17, 15) is 9.59 Å². The van der Waals surface area contributed by atoms with Crippen LogP contribution in [-0.4, -0.2) is 60.4 Å². The molecule has 2 heterocycles. The Balaban J connectivity index is 0.00000225. The molecule has 0 unspecified atom stereocenters. The van der Waals surface area contributed by atoms with Gasteiger partial charge in [0.05, 0.1) is 0 Å². The van der Waals surface area contributed by atoms with Crippen LogP contribution in [0.25, 0.3) is 0 Å². The van der Waals surface area contributed by atoms with Gasteiger partial charge < -0.3 is 15.1 Å². The number of nitrogens with zero attached hydrogens (tertiary/aromatic N) is 2. The number of benzene rings is 1. The van der Waals surface area contributed by atoms with Crippen LogP contribution < -0.4 is 5.32 Å². The quantitative estimate of drug-likeness (QED) is 0.850. The highest BCUT2D eigenvalue weighted by Crippen LogP contribution is 2.20. The van der Waals surface area contributed by atoms with E-state index in [2.05, 4.69) is 12.2 Å². The Morgan fingerprint density at radius 2 is 1.84 bits per heavy atom. The van der Waals surface area contributed by atoms with Gasteiger partial charge in [0.25, 0.3) is 5.91 Å². The average molecular weight is 386 g/mol. The third-order valence-corrected chi connectivity index (χ3v) is 5.16. The second-order valence-corrected chi connectivity index (χ2v) is 7.14. The molecule has 1 N–H and O–H groups in total. The molecule has 0 bridgehead atoms. The van der Waals surface area contributed by atoms with Gasteiger partial charge in [-0.05, 0) is 44.5 Å². The first-order chi connectivity index (χ1) is 11.5. The Hall–Kier alpha value is -1.30. The molecule has 25 heavy (non-hydrogen) atoms. The number of nitrogens with one attached hydrogen (secondary N) is 1. The number of halogens is 2. The molecule has 3 rings (SSSR count). The first kappa shape index (κ1) is 20.0. The fourth-order valence-electron chi connectivity index (χ4n) is 3.55. The summed E-state index contributed by atoms with van der Waals surface area (Å²) in [5.74, 6) is 0.356. The number of amides is 2. The fraction of sp³-hybridized carbons (Fsp3) is 0.556. The van der Waals surface area contributed by atoms with Crippen molar-refractivity contribution >= 4 is 35.8 Å². The van der Waals surface area contributed by atoms with Crippen molar-refractivity contribution in [3.63, 3.8) is 0 Å². The van der Waals surface area contributed by atoms with E-state index in [1.54, 1.807) is 29.2 Å². The lowest BCUT2D eigenvalue weighted by atomic mass is 9.92. The van der Waals surface area contributed by atoms with Crippen LogP contribution in [0.3, 0.4) is 0 Å². The molecule has 0 spiro atoms. The maximum absolute atomic E-state index is 12.7. The lowest BCUT2D eigenvalue weighted by Crippen LogP contribution is -2.53. The van der Waals surface area contributed by atoms with Crippen LogP contribution in [-0.2, 0) is 4.79 Å². The molecule has 0 saturated carbocycles. The van der Waals surface area contributed by atoms with Gasteiger partial charge in [-0.25, -0.2) is 0 Å². The minimum atomic E-state index is -0.0138. The number of piperazine rings is 1. The van der Waals surface area contributed by atoms with Crippen molar-refractivity contribution in [1.82, 2.24) is 15.1 Å². The summed E-state index contributed by atoms with van der Waals surface area (Å²) >= 11 is 5.96. The highest BCUT2D eigenvalue weighted by Gasteiger charge is 2.31. The van der Waals surface area contributed by atoms with E-state index in [1.807, 2.05) is 4.90 Å². The Kier molecular flexibility index (Phi) is 7.11. The van der Waals surface area contributed by atoms with Gasteiger partial charge in [0.15, 0.2) is 0 Å². The van der Waals surface area contributed by atoms with Crippen molar-refractivity contribution in [1.29, 1.82) is 0 Å². The van der Waals surface area contributed by atoms with Crippen molar-refractivity contribution in [2.45, 2.75) is 25.8 Å². The summed E-state index contributed by atoms with van der Waals surface area (Å²) < 4.78 is 0. The summed E-state index contributed by atoms with van der Waals surface area (Å²) in [7, 11) is 0. The van der Waals surface area contributed by atoms with E-state index in [1.165, 1.54) is 0 Å². The predicted octanol–water partition coefficient (Wildman–Crippen LogP) is 2.43. The highest BCUT2D eigenvalue weighted by molar-refractivity contribution is 6.30. The lowest BCUT2D eigenvalue weighted by Gasteiger charge is -2.38. The summed E-state index contributed by atoms with van der Waals surface area (Å²) in [5, 5.41) is 3.94. The third kappa shape index (κ3) is 4.87. The Labute approximate surface area is 160 Å². The highest BCUT2D eigenvalue weighted by atomic mass is 35.5. The van der Waals surface area contributed by atoms with Gasteiger partial charge in [0, 0.05) is 48.7 Å². The van der Waals surface area contributed by atoms with Crippen LogP contribution in [0.1, 0.15) is 30.1 Å². The van der Waals surface area contributed by atoms with E-state index in [-0.39, 0.29) is 30.1 Å². The zero-order valence-corrected chi connectivity index (χ0v) is 16.0. The fourth-order valence-corrected chi connectivity index (χ4v) is 3.74. The number of hydrogen-bond donors (Lipinski definition) is 1. The molecule has 0 aliphatic carbocycles. The van der Waals surface area contributed by atoms with Gasteiger partial charge in [-0.3, -0.25) is 9.59 Å². The zero-order valence-electron chi connectivity index (χ0n) is 14.4. The standard InChI is InChI=1S/C18H24ClN3O2.ClH/c1-13-11-15(5-6-20-13)18(24)22-9-7-21(8-10-22)17(23)14-3-2-4-16(19)12-14;/h2-4,12-13,15,20H,5-11H2,1H3;1H/t13-,15-;/m0./s1. The average Bonchev–Trinajstić information content (AvgIpc) is 2.60. The van der Waals surface area contributed by atoms with Crippen LogP contribution in [0.4, 0.5) is 0 Å². The number of piperidine rings is 1. The Morgan fingerprint density at radius 1 is 1.16 bits per heavy atom. The van der Waals surface area contributed by atoms with E-state index < -0.39 is 0 Å². The van der Waals surface area contributed by atoms with Crippen LogP contribution in [0, 0.1) is 5.92 Å². The lowest BCUT2D eigenvalue weighted by molar-refractivity contribution is -0.138. The van der Waals surface area contributed by atoms with Gasteiger partial charge >= 0.3 is 0 Å². The van der Waals surface area contributed by atoms with E-state index in [4.69, 9.17) is 11.6 Å². The first-order valence-electron chi connectivity index (χ1n) is 8.61. The van der Waals surface area contributed by atoms with E-state index in [0.29, 0.717) is 42.8 Å². The van der Waals surface area contributed by atoms with Crippen LogP contribution >= 0.6 is 24.0 Å². The molecule has 5 nitrogen and oxygen atoms in total. The molecule has 0 aromatic heterocycles. The molecule has 2 atom stereocenters. The predicted molar refractivity (Wildman–Crippen MR) is 101 cm³/mol. The summed E-state index contributed by atoms with van der Waals surface area (Å²) in [6.07, 6.45) is 1.81. The van der Waals surface area contributed by atoms with Gasteiger partial charge in [0.2, 0.25) is 5.91 Å². The largest absolute Gasteiger partial charge is 0.339 e. The summed E-state index contributed by atoms with van der Waals surface area (Å²) in [6, 6.07) is 7.42. The molecule has 1 aromatic carbocycles. The Bertz CT molecular complexity index is 618. The molecule has 2 amide bonds. The topological polar surface area (TPSA) is 52.7 Å². The summed E-state index contributed by atoms with van der Waals surface area (Å²) in [4.78, 5) is 28.9. The van der Waals surface area contributed by atoms with E-state index >= 15 is 0 Å². The maximum Gasteiger partial charge on any atom is 0.254 e. The van der Waals surface area contributed by atoms with Crippen molar-refractivity contribution in [3.05, 3.63) is 34.9 Å². The number of rotatable bonds is 2. The molecule has 138 valence electrons. The number of carbonyl (C=O) groups excluding carboxylic acids is 2. The molecule has 2 aliphatic heterocycles. The molecule has 1 aromatic rings. The summed E-state index contributed by atoms with van der Waals surface area (Å²) in [5.41, 5.74) is 0.606. The SMILES string of the molecule is C[C@H]1C[C@@H](C(=O)N2CCN(C(=O)c3cccc(Cl)c3)CC2)CCN1.Cl. The molecule has 7 heteroatoms. The number of hydrogen-bond acceptors (Lipinski definition) is 3. The third-order valence-electron chi connectivity index (χ3n) is 4.92. The van der Waals surface area contributed by atoms with Gasteiger partial charge in [-0.15, -0.1) is 12.4 Å². The molecule has 0 radical (unpaired) electrons. The van der Waals surface area contributed by atoms with Crippen molar-refractivity contribution in [2.75, 3.05) is 32.7 Å². The molecular weight excluding hydrogens is 361 g/mol. The van der Waals surface area contributed by atoms with Crippen LogP contribution in [0.15, 0.2) is 24.3 Å². The van der Waals surface area contributed by atoms with Crippen molar-refractivity contribution in [3.8, 4) is 0 Å². The molecule has 2 saturated heterocycles. The van der Waals surface area contributed by atoms with E-state index in [0.717, 1.165) is 19.4 Å². The molecular formula is C18H25Cl2N3O2.